The first-order valence-corrected chi connectivity index (χ1v) is 15.7. The second-order valence-corrected chi connectivity index (χ2v) is 12.6. The molecule has 0 fully saturated rings. The summed E-state index contributed by atoms with van der Waals surface area (Å²) in [6, 6.07) is 15.3. The van der Waals surface area contributed by atoms with Gasteiger partial charge < -0.3 is 15.1 Å². The maximum atomic E-state index is 11.7. The van der Waals surface area contributed by atoms with Gasteiger partial charge in [-0.2, -0.15) is 0 Å². The minimum atomic E-state index is -0.129. The Morgan fingerprint density at radius 1 is 0.977 bits per heavy atom. The molecule has 0 amide bonds. The van der Waals surface area contributed by atoms with Crippen LogP contribution in [0, 0.1) is 24.0 Å². The molecule has 0 spiro atoms. The minimum absolute atomic E-state index is 0. The fourth-order valence-corrected chi connectivity index (χ4v) is 6.47. The number of fused-ring (bicyclic) bond motifs is 4. The molecule has 2 heterocycles. The molecule has 5 rings (SSSR count). The molecular formula is C38H47IrN2O2-. The monoisotopic (exact) mass is 756 g/mol. The second-order valence-electron chi connectivity index (χ2n) is 12.6. The molecule has 0 saturated carbocycles. The zero-order valence-electron chi connectivity index (χ0n) is 27.0. The molecule has 1 aliphatic rings. The number of benzene rings is 2. The van der Waals surface area contributed by atoms with Gasteiger partial charge in [0.1, 0.15) is 0 Å². The third-order valence-electron chi connectivity index (χ3n) is 8.90. The van der Waals surface area contributed by atoms with E-state index in [1.165, 1.54) is 38.9 Å². The molecule has 0 atom stereocenters. The van der Waals surface area contributed by atoms with Gasteiger partial charge in [-0.05, 0) is 88.8 Å². The number of hydrogen-bond donors (Lipinski definition) is 1. The Morgan fingerprint density at radius 3 is 2.26 bits per heavy atom. The fourth-order valence-electron chi connectivity index (χ4n) is 6.47. The predicted octanol–water partition coefficient (Wildman–Crippen LogP) is 9.96. The second kappa shape index (κ2) is 14.7. The van der Waals surface area contributed by atoms with Crippen molar-refractivity contribution in [3.05, 3.63) is 83.4 Å². The number of aliphatic hydroxyl groups is 1. The van der Waals surface area contributed by atoms with Gasteiger partial charge in [0.05, 0.1) is 5.76 Å². The van der Waals surface area contributed by atoms with Gasteiger partial charge in [-0.3, -0.25) is 4.79 Å². The number of nitrogens with zero attached hydrogens (tertiary/aromatic N) is 2. The van der Waals surface area contributed by atoms with Gasteiger partial charge in [0, 0.05) is 44.2 Å². The molecule has 0 unspecified atom stereocenters. The summed E-state index contributed by atoms with van der Waals surface area (Å²) in [5, 5.41) is 13.5. The normalized spacial score (nSPS) is 13.6. The fraction of sp³-hybridized carbons (Fsp3) is 0.447. The van der Waals surface area contributed by atoms with Crippen molar-refractivity contribution in [3.8, 4) is 11.3 Å². The van der Waals surface area contributed by atoms with E-state index in [1.54, 1.807) is 0 Å². The number of carbonyl (C=O) groups is 1. The van der Waals surface area contributed by atoms with E-state index in [0.717, 1.165) is 48.9 Å². The molecule has 4 nitrogen and oxygen atoms in total. The van der Waals surface area contributed by atoms with Crippen LogP contribution in [0.2, 0.25) is 0 Å². The summed E-state index contributed by atoms with van der Waals surface area (Å²) in [5.74, 6) is 1.18. The van der Waals surface area contributed by atoms with Crippen LogP contribution in [0.5, 0.6) is 0 Å². The molecule has 231 valence electrons. The summed E-state index contributed by atoms with van der Waals surface area (Å²) in [4.78, 5) is 21.1. The summed E-state index contributed by atoms with van der Waals surface area (Å²) in [5.41, 5.74) is 7.01. The molecule has 0 bridgehead atoms. The van der Waals surface area contributed by atoms with Crippen LogP contribution in [0.25, 0.3) is 32.9 Å². The van der Waals surface area contributed by atoms with Gasteiger partial charge in [0.25, 0.3) is 0 Å². The van der Waals surface area contributed by atoms with Gasteiger partial charge in [0.15, 0.2) is 5.78 Å². The summed E-state index contributed by atoms with van der Waals surface area (Å²) >= 11 is 0. The Hall–Kier alpha value is -2.88. The molecule has 2 aromatic heterocycles. The molecular weight excluding hydrogens is 709 g/mol. The molecule has 43 heavy (non-hydrogen) atoms. The van der Waals surface area contributed by atoms with E-state index in [1.807, 2.05) is 40.0 Å². The quantitative estimate of drug-likeness (QED) is 0.105. The van der Waals surface area contributed by atoms with Crippen LogP contribution >= 0.6 is 0 Å². The van der Waals surface area contributed by atoms with E-state index >= 15 is 0 Å². The summed E-state index contributed by atoms with van der Waals surface area (Å²) in [6.45, 7) is 17.3. The van der Waals surface area contributed by atoms with E-state index in [0.29, 0.717) is 5.92 Å². The minimum Gasteiger partial charge on any atom is -0.512 e. The summed E-state index contributed by atoms with van der Waals surface area (Å²) < 4.78 is 0. The predicted molar refractivity (Wildman–Crippen MR) is 176 cm³/mol. The van der Waals surface area contributed by atoms with Crippen LogP contribution in [-0.2, 0) is 36.7 Å². The Morgan fingerprint density at radius 2 is 1.63 bits per heavy atom. The number of aliphatic hydroxyl groups excluding tert-OH is 1. The van der Waals surface area contributed by atoms with Gasteiger partial charge in [-0.1, -0.05) is 97.2 Å². The number of rotatable bonds is 9. The van der Waals surface area contributed by atoms with Gasteiger partial charge in [-0.15, -0.1) is 11.1 Å². The van der Waals surface area contributed by atoms with Crippen LogP contribution in [0.1, 0.15) is 97.8 Å². The summed E-state index contributed by atoms with van der Waals surface area (Å²) in [7, 11) is 0. The maximum Gasteiger partial charge on any atom is 0.162 e. The van der Waals surface area contributed by atoms with E-state index in [-0.39, 0.29) is 48.9 Å². The van der Waals surface area contributed by atoms with Crippen LogP contribution in [0.3, 0.4) is 0 Å². The van der Waals surface area contributed by atoms with Crippen molar-refractivity contribution in [2.24, 2.45) is 17.8 Å². The van der Waals surface area contributed by atoms with Crippen molar-refractivity contribution in [1.82, 2.24) is 9.97 Å². The molecule has 5 heteroatoms. The topological polar surface area (TPSA) is 63.1 Å². The van der Waals surface area contributed by atoms with Crippen molar-refractivity contribution in [3.63, 3.8) is 0 Å². The number of hydrogen-bond acceptors (Lipinski definition) is 4. The van der Waals surface area contributed by atoms with Crippen molar-refractivity contribution in [1.29, 1.82) is 0 Å². The molecule has 0 saturated heterocycles. The molecule has 4 aromatic rings. The molecule has 1 N–H and O–H groups in total. The first kappa shape index (κ1) is 34.6. The van der Waals surface area contributed by atoms with E-state index in [4.69, 9.17) is 4.98 Å². The van der Waals surface area contributed by atoms with Crippen molar-refractivity contribution in [2.75, 3.05) is 0 Å². The zero-order chi connectivity index (χ0) is 30.6. The third kappa shape index (κ3) is 7.10. The molecule has 1 radical (unpaired) electrons. The van der Waals surface area contributed by atoms with Crippen LogP contribution in [0.4, 0.5) is 0 Å². The van der Waals surface area contributed by atoms with E-state index in [2.05, 4.69) is 75.3 Å². The number of allylic oxidation sites excluding steroid dienone is 2. The van der Waals surface area contributed by atoms with Crippen molar-refractivity contribution < 1.29 is 30.0 Å². The smallest absolute Gasteiger partial charge is 0.162 e. The molecule has 0 aliphatic heterocycles. The first-order valence-electron chi connectivity index (χ1n) is 15.7. The van der Waals surface area contributed by atoms with Crippen molar-refractivity contribution >= 4 is 27.5 Å². The third-order valence-corrected chi connectivity index (χ3v) is 8.90. The molecule has 1 aliphatic carbocycles. The Kier molecular flexibility index (Phi) is 11.9. The average Bonchev–Trinajstić information content (AvgIpc) is 2.96. The van der Waals surface area contributed by atoms with Crippen LogP contribution < -0.4 is 0 Å². The Balaban J connectivity index is 0.000000274. The zero-order valence-corrected chi connectivity index (χ0v) is 29.4. The number of aromatic nitrogens is 2. The number of carbonyl (C=O) groups excluding carboxylic acids is 1. The van der Waals surface area contributed by atoms with E-state index < -0.39 is 0 Å². The maximum absolute atomic E-state index is 11.7. The largest absolute Gasteiger partial charge is 0.512 e. The van der Waals surface area contributed by atoms with E-state index in [9.17, 15) is 9.90 Å². The molecule has 2 aromatic carbocycles. The SMILES string of the molecule is CC(C)Cc1cc2c3c(nccc3c1)-c1[c-]nc3ccccc3c1C2(C)C.CCC(CC)C(=O)/C=C(\O)C(CC)CC.[Ir]. The number of pyridine rings is 2. The average molecular weight is 756 g/mol. The van der Waals surface area contributed by atoms with Crippen LogP contribution in [-0.4, -0.2) is 20.9 Å². The van der Waals surface area contributed by atoms with Crippen molar-refractivity contribution in [2.45, 2.75) is 92.9 Å². The number of para-hydroxylation sites is 1. The summed E-state index contributed by atoms with van der Waals surface area (Å²) in [6.07, 6.45) is 11.2. The Labute approximate surface area is 271 Å². The van der Waals surface area contributed by atoms with Gasteiger partial charge in [-0.25, -0.2) is 0 Å². The Bertz CT molecular complexity index is 1600. The van der Waals surface area contributed by atoms with Crippen LogP contribution in [0.15, 0.2) is 60.5 Å². The van der Waals surface area contributed by atoms with Gasteiger partial charge in [0.2, 0.25) is 0 Å². The number of ketones is 1. The standard InChI is InChI=1S/C25H23N2.C13H24O2.Ir/c1-15(2)11-16-12-17-9-10-26-24-19-14-27-21-8-6-5-7-18(21)23(19)25(3,4)20(13-16)22(17)24;1-5-10(6-2)12(14)9-13(15)11(7-3)8-4;/h5-10,12-13,15H,11H2,1-4H3;9-11,14H,5-8H2,1-4H3;/q-1;;/b;12-9-;. The first-order chi connectivity index (χ1) is 20.1. The van der Waals surface area contributed by atoms with Gasteiger partial charge >= 0.3 is 0 Å².